The Labute approximate surface area is 95.2 Å². The zero-order valence-electron chi connectivity index (χ0n) is 10.9. The van der Waals surface area contributed by atoms with Gasteiger partial charge in [-0.15, -0.1) is 0 Å². The summed E-state index contributed by atoms with van der Waals surface area (Å²) in [7, 11) is 0. The van der Waals surface area contributed by atoms with Gasteiger partial charge in [0.05, 0.1) is 0 Å². The van der Waals surface area contributed by atoms with Crippen LogP contribution in [0, 0.1) is 11.8 Å². The molecule has 90 valence electrons. The van der Waals surface area contributed by atoms with Crippen molar-refractivity contribution in [2.24, 2.45) is 17.6 Å². The van der Waals surface area contributed by atoms with Crippen LogP contribution in [0.4, 0.5) is 0 Å². The minimum atomic E-state index is 0.350. The summed E-state index contributed by atoms with van der Waals surface area (Å²) in [6.45, 7) is 11.5. The maximum Gasteiger partial charge on any atom is 0.0193 e. The summed E-state index contributed by atoms with van der Waals surface area (Å²) in [6.07, 6.45) is 3.92. The first kappa shape index (κ1) is 13.0. The second kappa shape index (κ2) is 5.86. The summed E-state index contributed by atoms with van der Waals surface area (Å²) < 4.78 is 0. The van der Waals surface area contributed by atoms with Gasteiger partial charge in [0, 0.05) is 25.2 Å². The maximum absolute atomic E-state index is 6.22. The molecule has 1 aliphatic heterocycles. The quantitative estimate of drug-likeness (QED) is 0.776. The highest BCUT2D eigenvalue weighted by Crippen LogP contribution is 2.22. The number of nitrogens with zero attached hydrogens (tertiary/aromatic N) is 1. The van der Waals surface area contributed by atoms with Gasteiger partial charge in [0.1, 0.15) is 0 Å². The predicted molar refractivity (Wildman–Crippen MR) is 66.9 cm³/mol. The van der Waals surface area contributed by atoms with Crippen molar-refractivity contribution in [2.75, 3.05) is 13.1 Å². The number of rotatable bonds is 4. The van der Waals surface area contributed by atoms with Crippen LogP contribution in [0.5, 0.6) is 0 Å². The SMILES string of the molecule is CCC(C)C(N)CN1CC(C)CCC1C. The van der Waals surface area contributed by atoms with Crippen LogP contribution in [0.2, 0.25) is 0 Å². The Kier molecular flexibility index (Phi) is 5.07. The van der Waals surface area contributed by atoms with Crippen LogP contribution in [-0.4, -0.2) is 30.1 Å². The van der Waals surface area contributed by atoms with Gasteiger partial charge in [-0.05, 0) is 31.6 Å². The Balaban J connectivity index is 2.41. The summed E-state index contributed by atoms with van der Waals surface area (Å²) in [5.41, 5.74) is 6.22. The standard InChI is InChI=1S/C13H28N2/c1-5-11(3)13(14)9-15-8-10(2)6-7-12(15)4/h10-13H,5-9,14H2,1-4H3. The van der Waals surface area contributed by atoms with E-state index >= 15 is 0 Å². The average Bonchev–Trinajstić information content (AvgIpc) is 2.22. The van der Waals surface area contributed by atoms with E-state index in [2.05, 4.69) is 32.6 Å². The molecule has 0 saturated carbocycles. The third-order valence-corrected chi connectivity index (χ3v) is 4.07. The van der Waals surface area contributed by atoms with Gasteiger partial charge in [0.25, 0.3) is 0 Å². The lowest BCUT2D eigenvalue weighted by Gasteiger charge is -2.39. The topological polar surface area (TPSA) is 29.3 Å². The van der Waals surface area contributed by atoms with E-state index < -0.39 is 0 Å². The normalized spacial score (nSPS) is 32.6. The first-order valence-corrected chi connectivity index (χ1v) is 6.54. The van der Waals surface area contributed by atoms with Crippen LogP contribution >= 0.6 is 0 Å². The number of hydrogen-bond acceptors (Lipinski definition) is 2. The fourth-order valence-corrected chi connectivity index (χ4v) is 2.39. The Morgan fingerprint density at radius 2 is 2.00 bits per heavy atom. The van der Waals surface area contributed by atoms with Gasteiger partial charge >= 0.3 is 0 Å². The van der Waals surface area contributed by atoms with E-state index in [1.165, 1.54) is 25.8 Å². The molecule has 0 amide bonds. The van der Waals surface area contributed by atoms with E-state index in [1.807, 2.05) is 0 Å². The lowest BCUT2D eigenvalue weighted by Crippen LogP contribution is -2.48. The Morgan fingerprint density at radius 3 is 2.60 bits per heavy atom. The molecule has 2 nitrogen and oxygen atoms in total. The third-order valence-electron chi connectivity index (χ3n) is 4.07. The van der Waals surface area contributed by atoms with E-state index in [4.69, 9.17) is 5.73 Å². The van der Waals surface area contributed by atoms with Crippen molar-refractivity contribution >= 4 is 0 Å². The van der Waals surface area contributed by atoms with Gasteiger partial charge in [0.2, 0.25) is 0 Å². The fourth-order valence-electron chi connectivity index (χ4n) is 2.39. The van der Waals surface area contributed by atoms with Crippen molar-refractivity contribution < 1.29 is 0 Å². The van der Waals surface area contributed by atoms with Crippen molar-refractivity contribution in [3.63, 3.8) is 0 Å². The van der Waals surface area contributed by atoms with Crippen LogP contribution in [0.25, 0.3) is 0 Å². The summed E-state index contributed by atoms with van der Waals surface area (Å²) >= 11 is 0. The molecule has 0 spiro atoms. The number of nitrogens with two attached hydrogens (primary N) is 1. The van der Waals surface area contributed by atoms with E-state index in [-0.39, 0.29) is 0 Å². The van der Waals surface area contributed by atoms with E-state index in [0.717, 1.165) is 18.5 Å². The Bertz CT molecular complexity index is 181. The zero-order valence-corrected chi connectivity index (χ0v) is 10.9. The van der Waals surface area contributed by atoms with Crippen LogP contribution in [0.1, 0.15) is 47.0 Å². The minimum Gasteiger partial charge on any atom is -0.326 e. The second-order valence-electron chi connectivity index (χ2n) is 5.53. The molecule has 4 atom stereocenters. The zero-order chi connectivity index (χ0) is 11.4. The molecule has 0 bridgehead atoms. The Morgan fingerprint density at radius 1 is 1.33 bits per heavy atom. The lowest BCUT2D eigenvalue weighted by molar-refractivity contribution is 0.109. The molecule has 0 aromatic heterocycles. The monoisotopic (exact) mass is 212 g/mol. The van der Waals surface area contributed by atoms with Crippen LogP contribution < -0.4 is 5.73 Å². The Hall–Kier alpha value is -0.0800. The molecule has 1 rings (SSSR count). The number of piperidine rings is 1. The van der Waals surface area contributed by atoms with E-state index in [1.54, 1.807) is 0 Å². The van der Waals surface area contributed by atoms with Gasteiger partial charge in [-0.1, -0.05) is 27.2 Å². The highest BCUT2D eigenvalue weighted by molar-refractivity contribution is 4.81. The van der Waals surface area contributed by atoms with Crippen LogP contribution in [-0.2, 0) is 0 Å². The molecular weight excluding hydrogens is 184 g/mol. The van der Waals surface area contributed by atoms with Gasteiger partial charge in [0.15, 0.2) is 0 Å². The molecule has 0 aliphatic carbocycles. The predicted octanol–water partition coefficient (Wildman–Crippen LogP) is 2.48. The van der Waals surface area contributed by atoms with Crippen molar-refractivity contribution in [1.29, 1.82) is 0 Å². The fraction of sp³-hybridized carbons (Fsp3) is 1.00. The molecule has 0 aromatic carbocycles. The van der Waals surface area contributed by atoms with Crippen molar-refractivity contribution in [2.45, 2.75) is 59.0 Å². The maximum atomic E-state index is 6.22. The molecule has 0 radical (unpaired) electrons. The van der Waals surface area contributed by atoms with Crippen LogP contribution in [0.3, 0.4) is 0 Å². The largest absolute Gasteiger partial charge is 0.326 e. The third kappa shape index (κ3) is 3.76. The first-order valence-electron chi connectivity index (χ1n) is 6.54. The lowest BCUT2D eigenvalue weighted by atomic mass is 9.92. The molecule has 1 fully saturated rings. The van der Waals surface area contributed by atoms with Crippen molar-refractivity contribution in [3.8, 4) is 0 Å². The van der Waals surface area contributed by atoms with Crippen molar-refractivity contribution in [3.05, 3.63) is 0 Å². The smallest absolute Gasteiger partial charge is 0.0193 e. The molecular formula is C13H28N2. The minimum absolute atomic E-state index is 0.350. The summed E-state index contributed by atoms with van der Waals surface area (Å²) in [5.74, 6) is 1.50. The molecule has 2 heteroatoms. The van der Waals surface area contributed by atoms with Gasteiger partial charge in [-0.3, -0.25) is 4.90 Å². The molecule has 1 aliphatic rings. The van der Waals surface area contributed by atoms with E-state index in [0.29, 0.717) is 12.0 Å². The van der Waals surface area contributed by atoms with Gasteiger partial charge in [-0.25, -0.2) is 0 Å². The molecule has 4 unspecified atom stereocenters. The second-order valence-corrected chi connectivity index (χ2v) is 5.53. The van der Waals surface area contributed by atoms with Gasteiger partial charge in [-0.2, -0.15) is 0 Å². The van der Waals surface area contributed by atoms with Gasteiger partial charge < -0.3 is 5.73 Å². The van der Waals surface area contributed by atoms with Crippen molar-refractivity contribution in [1.82, 2.24) is 4.90 Å². The average molecular weight is 212 g/mol. The highest BCUT2D eigenvalue weighted by Gasteiger charge is 2.25. The molecule has 1 heterocycles. The number of hydrogen-bond donors (Lipinski definition) is 1. The molecule has 2 N–H and O–H groups in total. The molecule has 0 aromatic rings. The number of likely N-dealkylation sites (tertiary alicyclic amines) is 1. The summed E-state index contributed by atoms with van der Waals surface area (Å²) in [5, 5.41) is 0. The summed E-state index contributed by atoms with van der Waals surface area (Å²) in [4.78, 5) is 2.59. The van der Waals surface area contributed by atoms with Crippen LogP contribution in [0.15, 0.2) is 0 Å². The summed E-state index contributed by atoms with van der Waals surface area (Å²) in [6, 6.07) is 1.08. The van der Waals surface area contributed by atoms with E-state index in [9.17, 15) is 0 Å². The first-order chi connectivity index (χ1) is 7.04. The molecule has 1 saturated heterocycles. The highest BCUT2D eigenvalue weighted by atomic mass is 15.2. The molecule has 15 heavy (non-hydrogen) atoms.